The third kappa shape index (κ3) is 4.96. The summed E-state index contributed by atoms with van der Waals surface area (Å²) in [5, 5.41) is 14.7. The minimum atomic E-state index is -0.957. The lowest BCUT2D eigenvalue weighted by atomic mass is 9.61. The SMILES string of the molecule is CC(C)(C)c1ccc(-c2cc(C(N=O)c3ccc4cc(C(=O)O)ccc4c3)cc3c2C(C)(C)CCC3(C)C)cc1. The van der Waals surface area contributed by atoms with Crippen molar-refractivity contribution in [2.75, 3.05) is 0 Å². The third-order valence-electron chi connectivity index (χ3n) is 8.85. The number of carboxylic acids is 1. The Morgan fingerprint density at radius 3 is 2.05 bits per heavy atom. The summed E-state index contributed by atoms with van der Waals surface area (Å²) in [6.45, 7) is 15.9. The van der Waals surface area contributed by atoms with Crippen molar-refractivity contribution in [1.82, 2.24) is 0 Å². The van der Waals surface area contributed by atoms with Crippen molar-refractivity contribution in [2.45, 2.75) is 83.6 Å². The molecule has 0 saturated carbocycles. The second-order valence-corrected chi connectivity index (χ2v) is 13.7. The quantitative estimate of drug-likeness (QED) is 0.260. The van der Waals surface area contributed by atoms with E-state index in [1.165, 1.54) is 22.3 Å². The zero-order valence-electron chi connectivity index (χ0n) is 24.6. The summed E-state index contributed by atoms with van der Waals surface area (Å²) in [7, 11) is 0. The van der Waals surface area contributed by atoms with Gasteiger partial charge in [-0.15, -0.1) is 4.91 Å². The maximum Gasteiger partial charge on any atom is 0.335 e. The van der Waals surface area contributed by atoms with Gasteiger partial charge in [-0.2, -0.15) is 0 Å². The van der Waals surface area contributed by atoms with Gasteiger partial charge in [0, 0.05) is 0 Å². The number of carbonyl (C=O) groups is 1. The molecule has 4 nitrogen and oxygen atoms in total. The van der Waals surface area contributed by atoms with Crippen LogP contribution in [0.25, 0.3) is 21.9 Å². The minimum Gasteiger partial charge on any atom is -0.478 e. The molecule has 0 aliphatic heterocycles. The van der Waals surface area contributed by atoms with Crippen LogP contribution in [-0.2, 0) is 16.2 Å². The van der Waals surface area contributed by atoms with E-state index in [2.05, 4.69) is 90.0 Å². The highest BCUT2D eigenvalue weighted by Gasteiger charge is 2.40. The van der Waals surface area contributed by atoms with Crippen molar-refractivity contribution in [3.05, 3.63) is 111 Å². The molecular weight excluding hydrogens is 494 g/mol. The number of hydrogen-bond acceptors (Lipinski definition) is 3. The average molecular weight is 534 g/mol. The Bertz CT molecular complexity index is 1620. The Morgan fingerprint density at radius 2 is 1.43 bits per heavy atom. The van der Waals surface area contributed by atoms with Crippen LogP contribution in [0.15, 0.2) is 78.0 Å². The summed E-state index contributed by atoms with van der Waals surface area (Å²) in [6, 6.07) is 23.4. The number of fused-ring (bicyclic) bond motifs is 2. The summed E-state index contributed by atoms with van der Waals surface area (Å²) >= 11 is 0. The molecular formula is C36H39NO3. The number of nitrogens with zero attached hydrogens (tertiary/aromatic N) is 1. The van der Waals surface area contributed by atoms with E-state index >= 15 is 0 Å². The molecule has 1 aliphatic carbocycles. The van der Waals surface area contributed by atoms with E-state index in [0.717, 1.165) is 40.3 Å². The van der Waals surface area contributed by atoms with Crippen LogP contribution in [0.4, 0.5) is 0 Å². The molecule has 1 unspecified atom stereocenters. The van der Waals surface area contributed by atoms with Crippen LogP contribution in [-0.4, -0.2) is 11.1 Å². The van der Waals surface area contributed by atoms with Crippen molar-refractivity contribution < 1.29 is 9.90 Å². The molecule has 1 N–H and O–H groups in total. The lowest BCUT2D eigenvalue weighted by molar-refractivity contribution is 0.0697. The van der Waals surface area contributed by atoms with Gasteiger partial charge in [0.05, 0.1) is 5.56 Å². The van der Waals surface area contributed by atoms with E-state index in [9.17, 15) is 14.8 Å². The van der Waals surface area contributed by atoms with Gasteiger partial charge >= 0.3 is 5.97 Å². The number of benzene rings is 4. The lowest BCUT2D eigenvalue weighted by Crippen LogP contribution is -2.34. The molecule has 1 aliphatic rings. The van der Waals surface area contributed by atoms with Crippen molar-refractivity contribution in [3.8, 4) is 11.1 Å². The van der Waals surface area contributed by atoms with E-state index in [-0.39, 0.29) is 21.8 Å². The molecule has 0 saturated heterocycles. The molecule has 0 aromatic heterocycles. The first kappa shape index (κ1) is 27.8. The topological polar surface area (TPSA) is 66.7 Å². The number of carboxylic acid groups (broad SMARTS) is 1. The van der Waals surface area contributed by atoms with Crippen LogP contribution in [0.1, 0.15) is 106 Å². The van der Waals surface area contributed by atoms with Gasteiger partial charge in [-0.1, -0.05) is 102 Å². The van der Waals surface area contributed by atoms with E-state index in [4.69, 9.17) is 0 Å². The first-order valence-corrected chi connectivity index (χ1v) is 14.1. The Balaban J connectivity index is 1.70. The molecule has 0 bridgehead atoms. The Kier molecular flexibility index (Phi) is 6.73. The number of nitroso groups, excluding NO2 is 1. The van der Waals surface area contributed by atoms with Crippen LogP contribution in [0.2, 0.25) is 0 Å². The van der Waals surface area contributed by atoms with Gasteiger partial charge in [0.2, 0.25) is 0 Å². The maximum absolute atomic E-state index is 12.5. The molecule has 40 heavy (non-hydrogen) atoms. The van der Waals surface area contributed by atoms with Gasteiger partial charge in [0.15, 0.2) is 0 Å². The number of aromatic carboxylic acids is 1. The molecule has 0 radical (unpaired) electrons. The van der Waals surface area contributed by atoms with Crippen LogP contribution in [0, 0.1) is 4.91 Å². The molecule has 4 aromatic carbocycles. The standard InChI is InChI=1S/C36H39NO3/c1-34(2,3)28-14-12-22(13-15-28)29-20-27(21-30-31(29)36(6,7)17-16-35(30,4)5)32(37-40)25-10-8-24-19-26(33(38)39)11-9-23(24)18-25/h8-15,18-21,32H,16-17H2,1-7H3,(H,38,39). The molecule has 4 aromatic rings. The molecule has 0 amide bonds. The highest BCUT2D eigenvalue weighted by atomic mass is 16.4. The van der Waals surface area contributed by atoms with Gasteiger partial charge in [-0.3, -0.25) is 0 Å². The number of hydrogen-bond donors (Lipinski definition) is 1. The summed E-state index contributed by atoms with van der Waals surface area (Å²) in [6.07, 6.45) is 2.16. The highest BCUT2D eigenvalue weighted by Crippen LogP contribution is 2.51. The highest BCUT2D eigenvalue weighted by molar-refractivity contribution is 5.94. The van der Waals surface area contributed by atoms with E-state index in [1.807, 2.05) is 18.2 Å². The fourth-order valence-corrected chi connectivity index (χ4v) is 6.23. The summed E-state index contributed by atoms with van der Waals surface area (Å²) in [4.78, 5) is 23.9. The molecule has 4 heteroatoms. The Hall–Kier alpha value is -3.79. The molecule has 1 atom stereocenters. The molecule has 0 spiro atoms. The maximum atomic E-state index is 12.5. The summed E-state index contributed by atoms with van der Waals surface area (Å²) in [5.41, 5.74) is 8.21. The second kappa shape index (κ2) is 9.69. The monoisotopic (exact) mass is 533 g/mol. The largest absolute Gasteiger partial charge is 0.478 e. The fraction of sp³-hybridized carbons (Fsp3) is 0.361. The van der Waals surface area contributed by atoms with Gasteiger partial charge in [0.25, 0.3) is 0 Å². The van der Waals surface area contributed by atoms with Gasteiger partial charge < -0.3 is 5.11 Å². The summed E-state index contributed by atoms with van der Waals surface area (Å²) < 4.78 is 0. The van der Waals surface area contributed by atoms with Crippen molar-refractivity contribution >= 4 is 16.7 Å². The molecule has 5 rings (SSSR count). The minimum absolute atomic E-state index is 0.00365. The van der Waals surface area contributed by atoms with Gasteiger partial charge in [-0.25, -0.2) is 4.79 Å². The Morgan fingerprint density at radius 1 is 0.800 bits per heavy atom. The van der Waals surface area contributed by atoms with E-state index in [0.29, 0.717) is 0 Å². The lowest BCUT2D eigenvalue weighted by Gasteiger charge is -2.43. The van der Waals surface area contributed by atoms with E-state index < -0.39 is 12.0 Å². The van der Waals surface area contributed by atoms with Crippen molar-refractivity contribution in [1.29, 1.82) is 0 Å². The average Bonchev–Trinajstić information content (AvgIpc) is 2.90. The van der Waals surface area contributed by atoms with Crippen LogP contribution in [0.5, 0.6) is 0 Å². The second-order valence-electron chi connectivity index (χ2n) is 13.7. The Labute approximate surface area is 237 Å². The molecule has 206 valence electrons. The zero-order chi connectivity index (χ0) is 29.0. The van der Waals surface area contributed by atoms with Crippen molar-refractivity contribution in [2.24, 2.45) is 5.18 Å². The van der Waals surface area contributed by atoms with Gasteiger partial charge in [-0.05, 0) is 103 Å². The fourth-order valence-electron chi connectivity index (χ4n) is 6.23. The predicted molar refractivity (Wildman–Crippen MR) is 164 cm³/mol. The van der Waals surface area contributed by atoms with Crippen molar-refractivity contribution in [3.63, 3.8) is 0 Å². The van der Waals surface area contributed by atoms with Crippen LogP contribution >= 0.6 is 0 Å². The summed E-state index contributed by atoms with van der Waals surface area (Å²) in [5.74, 6) is -0.957. The third-order valence-corrected chi connectivity index (χ3v) is 8.85. The first-order valence-electron chi connectivity index (χ1n) is 14.1. The first-order chi connectivity index (χ1) is 18.7. The molecule has 0 fully saturated rings. The smallest absolute Gasteiger partial charge is 0.335 e. The van der Waals surface area contributed by atoms with Gasteiger partial charge in [0.1, 0.15) is 6.04 Å². The van der Waals surface area contributed by atoms with Crippen LogP contribution in [0.3, 0.4) is 0 Å². The predicted octanol–water partition coefficient (Wildman–Crippen LogP) is 9.71. The van der Waals surface area contributed by atoms with E-state index in [1.54, 1.807) is 18.2 Å². The van der Waals surface area contributed by atoms with Crippen LogP contribution < -0.4 is 0 Å². The zero-order valence-corrected chi connectivity index (χ0v) is 24.6. The molecule has 0 heterocycles. The normalized spacial score (nSPS) is 16.8. The number of rotatable bonds is 5.